The number of hydrogen-bond acceptors (Lipinski definition) is 3. The Kier molecular flexibility index (Phi) is 4.72. The topological polar surface area (TPSA) is 21.7 Å². The van der Waals surface area contributed by atoms with Crippen molar-refractivity contribution in [3.8, 4) is 0 Å². The van der Waals surface area contributed by atoms with E-state index >= 15 is 0 Å². The molecule has 0 atom stereocenters. The number of halogens is 3. The molecule has 132 valence electrons. The summed E-state index contributed by atoms with van der Waals surface area (Å²) in [4.78, 5) is 1.87. The number of likely N-dealkylation sites (tertiary alicyclic amines) is 1. The Morgan fingerprint density at radius 2 is 1.48 bits per heavy atom. The van der Waals surface area contributed by atoms with Gasteiger partial charge >= 0.3 is 7.12 Å². The number of rotatable bonds is 3. The van der Waals surface area contributed by atoms with E-state index in [1.165, 1.54) is 6.08 Å². The first-order valence-corrected chi connectivity index (χ1v) is 8.13. The van der Waals surface area contributed by atoms with E-state index in [0.29, 0.717) is 0 Å². The van der Waals surface area contributed by atoms with Crippen LogP contribution in [0, 0.1) is 0 Å². The Labute approximate surface area is 137 Å². The van der Waals surface area contributed by atoms with Gasteiger partial charge in [-0.05, 0) is 47.6 Å². The van der Waals surface area contributed by atoms with Crippen molar-refractivity contribution in [3.05, 3.63) is 11.8 Å². The fraction of sp³-hybridized carbons (Fsp3) is 0.875. The molecule has 0 spiro atoms. The monoisotopic (exact) mass is 333 g/mol. The molecule has 0 aliphatic carbocycles. The number of hydrogen-bond donors (Lipinski definition) is 0. The lowest BCUT2D eigenvalue weighted by molar-refractivity contribution is -0.0679. The molecule has 2 heterocycles. The van der Waals surface area contributed by atoms with Gasteiger partial charge in [0.25, 0.3) is 5.92 Å². The molecule has 3 nitrogen and oxygen atoms in total. The lowest BCUT2D eigenvalue weighted by Crippen LogP contribution is -2.50. The SMILES string of the molecule is CC(C)(C=C(F)B1OC(C)(C)C(C)(C)O1)N1CCC(F)(F)CC1. The van der Waals surface area contributed by atoms with Crippen molar-refractivity contribution < 1.29 is 22.5 Å². The van der Waals surface area contributed by atoms with Crippen molar-refractivity contribution in [2.24, 2.45) is 0 Å². The minimum atomic E-state index is -2.61. The van der Waals surface area contributed by atoms with Crippen molar-refractivity contribution in [3.63, 3.8) is 0 Å². The van der Waals surface area contributed by atoms with Gasteiger partial charge in [-0.15, -0.1) is 0 Å². The van der Waals surface area contributed by atoms with E-state index in [2.05, 4.69) is 0 Å². The van der Waals surface area contributed by atoms with Gasteiger partial charge in [0.15, 0.2) is 0 Å². The molecule has 2 saturated heterocycles. The quantitative estimate of drug-likeness (QED) is 0.729. The standard InChI is InChI=1S/C16H27BF3NO2/c1-13(2,21-9-7-16(19,20)8-10-21)11-12(18)17-22-14(3,4)15(5,6)23-17/h11H,7-10H2,1-6H3. The van der Waals surface area contributed by atoms with Crippen LogP contribution in [-0.4, -0.2) is 47.8 Å². The molecule has 2 rings (SSSR count). The third-order valence-electron chi connectivity index (χ3n) is 5.28. The summed E-state index contributed by atoms with van der Waals surface area (Å²) < 4.78 is 52.6. The number of alkyl halides is 2. The normalized spacial score (nSPS) is 28.2. The summed E-state index contributed by atoms with van der Waals surface area (Å²) in [5.74, 6) is -2.61. The van der Waals surface area contributed by atoms with Crippen molar-refractivity contribution in [1.82, 2.24) is 4.90 Å². The Morgan fingerprint density at radius 1 is 1.04 bits per heavy atom. The fourth-order valence-electron chi connectivity index (χ4n) is 2.86. The molecular formula is C16H27BF3NO2. The summed E-state index contributed by atoms with van der Waals surface area (Å²) in [7, 11) is -1.05. The maximum Gasteiger partial charge on any atom is 0.524 e. The van der Waals surface area contributed by atoms with Crippen molar-refractivity contribution >= 4 is 7.12 Å². The lowest BCUT2D eigenvalue weighted by Gasteiger charge is -2.41. The van der Waals surface area contributed by atoms with Crippen molar-refractivity contribution in [2.45, 2.75) is 77.0 Å². The maximum atomic E-state index is 14.6. The molecule has 0 aromatic heterocycles. The van der Waals surface area contributed by atoms with Crippen LogP contribution in [0.3, 0.4) is 0 Å². The predicted molar refractivity (Wildman–Crippen MR) is 85.1 cm³/mol. The van der Waals surface area contributed by atoms with Crippen LogP contribution in [0.25, 0.3) is 0 Å². The highest BCUT2D eigenvalue weighted by atomic mass is 19.3. The predicted octanol–water partition coefficient (Wildman–Crippen LogP) is 3.98. The highest BCUT2D eigenvalue weighted by molar-refractivity contribution is 6.53. The Bertz CT molecular complexity index is 466. The van der Waals surface area contributed by atoms with Crippen LogP contribution in [0.15, 0.2) is 11.8 Å². The molecule has 0 aromatic carbocycles. The molecule has 0 unspecified atom stereocenters. The van der Waals surface area contributed by atoms with Gasteiger partial charge in [-0.25, -0.2) is 13.2 Å². The van der Waals surface area contributed by atoms with E-state index in [9.17, 15) is 13.2 Å². The van der Waals surface area contributed by atoms with Crippen LogP contribution in [-0.2, 0) is 9.31 Å². The molecule has 0 bridgehead atoms. The largest absolute Gasteiger partial charge is 0.524 e. The lowest BCUT2D eigenvalue weighted by atomic mass is 9.83. The number of piperidine rings is 1. The Hall–Kier alpha value is -0.525. The van der Waals surface area contributed by atoms with Crippen LogP contribution in [0.2, 0.25) is 0 Å². The zero-order valence-electron chi connectivity index (χ0n) is 14.9. The minimum absolute atomic E-state index is 0.192. The summed E-state index contributed by atoms with van der Waals surface area (Å²) in [5, 5.41) is 0. The summed E-state index contributed by atoms with van der Waals surface area (Å²) in [6.45, 7) is 11.6. The molecule has 2 fully saturated rings. The highest BCUT2D eigenvalue weighted by Crippen LogP contribution is 2.39. The smallest absolute Gasteiger partial charge is 0.398 e. The van der Waals surface area contributed by atoms with Gasteiger partial charge < -0.3 is 9.31 Å². The van der Waals surface area contributed by atoms with E-state index in [1.54, 1.807) is 0 Å². The van der Waals surface area contributed by atoms with E-state index in [1.807, 2.05) is 46.4 Å². The van der Waals surface area contributed by atoms with E-state index in [4.69, 9.17) is 9.31 Å². The number of nitrogens with zero attached hydrogens (tertiary/aromatic N) is 1. The average Bonchev–Trinajstić information content (AvgIpc) is 2.57. The van der Waals surface area contributed by atoms with Gasteiger partial charge in [0, 0.05) is 31.5 Å². The molecule has 2 aliphatic rings. The first-order valence-electron chi connectivity index (χ1n) is 8.13. The van der Waals surface area contributed by atoms with Gasteiger partial charge in [0.05, 0.1) is 11.2 Å². The highest BCUT2D eigenvalue weighted by Gasteiger charge is 2.53. The molecule has 7 heteroatoms. The van der Waals surface area contributed by atoms with Crippen LogP contribution in [0.5, 0.6) is 0 Å². The van der Waals surface area contributed by atoms with Gasteiger partial charge in [-0.1, -0.05) is 0 Å². The summed E-state index contributed by atoms with van der Waals surface area (Å²) in [6.07, 6.45) is 1.05. The summed E-state index contributed by atoms with van der Waals surface area (Å²) in [5.41, 5.74) is -2.41. The minimum Gasteiger partial charge on any atom is -0.398 e. The first-order chi connectivity index (χ1) is 10.3. The van der Waals surface area contributed by atoms with Crippen molar-refractivity contribution in [1.29, 1.82) is 0 Å². The second-order valence-corrected chi connectivity index (χ2v) is 8.11. The molecule has 23 heavy (non-hydrogen) atoms. The Balaban J connectivity index is 2.08. The Morgan fingerprint density at radius 3 is 1.91 bits per heavy atom. The van der Waals surface area contributed by atoms with Crippen molar-refractivity contribution in [2.75, 3.05) is 13.1 Å². The van der Waals surface area contributed by atoms with E-state index < -0.39 is 35.5 Å². The molecule has 0 N–H and O–H groups in total. The fourth-order valence-corrected chi connectivity index (χ4v) is 2.86. The molecular weight excluding hydrogens is 306 g/mol. The third-order valence-corrected chi connectivity index (χ3v) is 5.28. The molecule has 0 radical (unpaired) electrons. The zero-order valence-corrected chi connectivity index (χ0v) is 14.9. The van der Waals surface area contributed by atoms with Gasteiger partial charge in [-0.3, -0.25) is 4.90 Å². The molecule has 2 aliphatic heterocycles. The van der Waals surface area contributed by atoms with Gasteiger partial charge in [0.1, 0.15) is 5.73 Å². The van der Waals surface area contributed by atoms with Gasteiger partial charge in [0.2, 0.25) is 0 Å². The van der Waals surface area contributed by atoms with Crippen LogP contribution in [0.4, 0.5) is 13.2 Å². The second kappa shape index (κ2) is 5.78. The maximum absolute atomic E-state index is 14.6. The summed E-state index contributed by atoms with van der Waals surface area (Å²) in [6, 6.07) is 0. The first kappa shape index (κ1) is 18.8. The summed E-state index contributed by atoms with van der Waals surface area (Å²) >= 11 is 0. The average molecular weight is 333 g/mol. The second-order valence-electron chi connectivity index (χ2n) is 8.11. The van der Waals surface area contributed by atoms with E-state index in [0.717, 1.165) is 0 Å². The van der Waals surface area contributed by atoms with Crippen LogP contribution in [0.1, 0.15) is 54.4 Å². The van der Waals surface area contributed by atoms with Gasteiger partial charge in [-0.2, -0.15) is 0 Å². The zero-order chi connectivity index (χ0) is 17.7. The molecule has 0 saturated carbocycles. The molecule has 0 amide bonds. The van der Waals surface area contributed by atoms with Crippen LogP contribution < -0.4 is 0 Å². The van der Waals surface area contributed by atoms with E-state index in [-0.39, 0.29) is 25.9 Å². The molecule has 0 aromatic rings. The third kappa shape index (κ3) is 3.94. The van der Waals surface area contributed by atoms with Crippen LogP contribution >= 0.6 is 0 Å².